The summed E-state index contributed by atoms with van der Waals surface area (Å²) in [7, 11) is 1.53. The van der Waals surface area contributed by atoms with Crippen molar-refractivity contribution in [3.05, 3.63) is 29.3 Å². The first-order valence-corrected chi connectivity index (χ1v) is 8.86. The minimum Gasteiger partial charge on any atom is -0.382 e. The van der Waals surface area contributed by atoms with Crippen LogP contribution in [0.15, 0.2) is 18.2 Å². The van der Waals surface area contributed by atoms with E-state index in [9.17, 15) is 18.0 Å². The van der Waals surface area contributed by atoms with Crippen LogP contribution in [0.5, 0.6) is 0 Å². The molecule has 1 aliphatic heterocycles. The summed E-state index contributed by atoms with van der Waals surface area (Å²) in [4.78, 5) is 16.3. The Bertz CT molecular complexity index is 768. The Kier molecular flexibility index (Phi) is 5.08. The van der Waals surface area contributed by atoms with Crippen molar-refractivity contribution < 1.29 is 22.7 Å². The van der Waals surface area contributed by atoms with Gasteiger partial charge in [-0.25, -0.2) is 0 Å². The van der Waals surface area contributed by atoms with Crippen molar-refractivity contribution in [1.82, 2.24) is 4.90 Å². The number of anilines is 1. The van der Waals surface area contributed by atoms with Gasteiger partial charge in [-0.15, -0.1) is 0 Å². The van der Waals surface area contributed by atoms with Crippen molar-refractivity contribution in [2.24, 2.45) is 5.41 Å². The molecular formula is C19H22F3N3O2. The monoisotopic (exact) mass is 381 g/mol. The van der Waals surface area contributed by atoms with Crippen molar-refractivity contribution in [3.8, 4) is 6.07 Å². The van der Waals surface area contributed by atoms with Gasteiger partial charge in [-0.3, -0.25) is 4.79 Å². The molecular weight excluding hydrogens is 359 g/mol. The molecule has 1 atom stereocenters. The van der Waals surface area contributed by atoms with Crippen LogP contribution in [0.3, 0.4) is 0 Å². The molecule has 1 aromatic carbocycles. The highest BCUT2D eigenvalue weighted by atomic mass is 19.4. The summed E-state index contributed by atoms with van der Waals surface area (Å²) in [5.41, 5.74) is -1.24. The van der Waals surface area contributed by atoms with Gasteiger partial charge in [-0.2, -0.15) is 18.4 Å². The molecule has 2 fully saturated rings. The lowest BCUT2D eigenvalue weighted by Crippen LogP contribution is -2.57. The third-order valence-corrected chi connectivity index (χ3v) is 5.41. The van der Waals surface area contributed by atoms with E-state index in [0.717, 1.165) is 18.9 Å². The van der Waals surface area contributed by atoms with E-state index in [1.807, 2.05) is 11.8 Å². The molecule has 1 saturated heterocycles. The molecule has 1 aliphatic carbocycles. The van der Waals surface area contributed by atoms with E-state index < -0.39 is 17.3 Å². The van der Waals surface area contributed by atoms with E-state index >= 15 is 0 Å². The molecule has 3 rings (SSSR count). The number of methoxy groups -OCH3 is 1. The van der Waals surface area contributed by atoms with Gasteiger partial charge in [0.05, 0.1) is 29.8 Å². The third kappa shape index (κ3) is 3.88. The van der Waals surface area contributed by atoms with E-state index in [0.29, 0.717) is 31.9 Å². The molecule has 0 N–H and O–H groups in total. The molecule has 0 radical (unpaired) electrons. The number of halogens is 3. The highest BCUT2D eigenvalue weighted by Gasteiger charge is 2.48. The molecule has 1 unspecified atom stereocenters. The summed E-state index contributed by atoms with van der Waals surface area (Å²) in [6.45, 7) is 3.52. The number of carbonyl (C=O) groups is 1. The number of alkyl halides is 3. The van der Waals surface area contributed by atoms with E-state index in [1.54, 1.807) is 11.0 Å². The largest absolute Gasteiger partial charge is 0.417 e. The Morgan fingerprint density at radius 1 is 1.37 bits per heavy atom. The van der Waals surface area contributed by atoms with Gasteiger partial charge in [0.15, 0.2) is 0 Å². The van der Waals surface area contributed by atoms with Gasteiger partial charge in [-0.05, 0) is 31.0 Å². The molecule has 8 heteroatoms. The number of hydrogen-bond donors (Lipinski definition) is 0. The van der Waals surface area contributed by atoms with Crippen LogP contribution in [0.2, 0.25) is 0 Å². The van der Waals surface area contributed by atoms with Crippen molar-refractivity contribution in [2.45, 2.75) is 32.0 Å². The number of rotatable bonds is 4. The highest BCUT2D eigenvalue weighted by molar-refractivity contribution is 5.85. The van der Waals surface area contributed by atoms with Crippen LogP contribution in [0.25, 0.3) is 0 Å². The second kappa shape index (κ2) is 7.04. The number of nitriles is 1. The Hall–Kier alpha value is -2.27. The normalized spacial score (nSPS) is 21.7. The number of hydrogen-bond acceptors (Lipinski definition) is 4. The van der Waals surface area contributed by atoms with Crippen molar-refractivity contribution in [3.63, 3.8) is 0 Å². The average Bonchev–Trinajstić information content (AvgIpc) is 3.39. The molecule has 2 aliphatic rings. The first kappa shape index (κ1) is 19.5. The van der Waals surface area contributed by atoms with Crippen molar-refractivity contribution in [1.29, 1.82) is 5.26 Å². The maximum atomic E-state index is 13.3. The average molecular weight is 381 g/mol. The smallest absolute Gasteiger partial charge is 0.382 e. The van der Waals surface area contributed by atoms with Crippen LogP contribution in [-0.2, 0) is 15.7 Å². The van der Waals surface area contributed by atoms with Crippen LogP contribution in [-0.4, -0.2) is 50.2 Å². The Morgan fingerprint density at radius 2 is 2.07 bits per heavy atom. The number of carbonyl (C=O) groups excluding carboxylic acids is 1. The minimum atomic E-state index is -4.60. The molecule has 1 saturated carbocycles. The van der Waals surface area contributed by atoms with Crippen LogP contribution in [0, 0.1) is 16.7 Å². The van der Waals surface area contributed by atoms with E-state index in [2.05, 4.69) is 0 Å². The van der Waals surface area contributed by atoms with Crippen LogP contribution >= 0.6 is 0 Å². The van der Waals surface area contributed by atoms with Gasteiger partial charge >= 0.3 is 6.18 Å². The molecule has 1 heterocycles. The van der Waals surface area contributed by atoms with E-state index in [-0.39, 0.29) is 17.4 Å². The SMILES string of the molecule is COCC1CN(C(=O)C2(C)CC2)CCN1c1ccc(C#N)c(C(F)(F)F)c1. The second-order valence-electron chi connectivity index (χ2n) is 7.45. The summed E-state index contributed by atoms with van der Waals surface area (Å²) in [5.74, 6) is 0.110. The molecule has 146 valence electrons. The van der Waals surface area contributed by atoms with E-state index in [4.69, 9.17) is 10.00 Å². The zero-order valence-corrected chi connectivity index (χ0v) is 15.3. The summed E-state index contributed by atoms with van der Waals surface area (Å²) in [5, 5.41) is 8.97. The van der Waals surface area contributed by atoms with Gasteiger partial charge in [-0.1, -0.05) is 6.92 Å². The fourth-order valence-electron chi connectivity index (χ4n) is 3.54. The molecule has 0 spiro atoms. The number of nitrogens with zero attached hydrogens (tertiary/aromatic N) is 3. The maximum Gasteiger partial charge on any atom is 0.417 e. The summed E-state index contributed by atoms with van der Waals surface area (Å²) in [6.07, 6.45) is -2.84. The molecule has 1 amide bonds. The Morgan fingerprint density at radius 3 is 2.63 bits per heavy atom. The van der Waals surface area contributed by atoms with Crippen LogP contribution in [0.4, 0.5) is 18.9 Å². The third-order valence-electron chi connectivity index (χ3n) is 5.41. The molecule has 0 bridgehead atoms. The van der Waals surface area contributed by atoms with Gasteiger partial charge in [0.1, 0.15) is 0 Å². The first-order valence-electron chi connectivity index (χ1n) is 8.86. The maximum absolute atomic E-state index is 13.3. The fraction of sp³-hybridized carbons (Fsp3) is 0.579. The lowest BCUT2D eigenvalue weighted by atomic mass is 10.0. The van der Waals surface area contributed by atoms with Crippen molar-refractivity contribution >= 4 is 11.6 Å². The fourth-order valence-corrected chi connectivity index (χ4v) is 3.54. The number of benzene rings is 1. The van der Waals surface area contributed by atoms with Gasteiger partial charge in [0.25, 0.3) is 0 Å². The topological polar surface area (TPSA) is 56.6 Å². The van der Waals surface area contributed by atoms with Gasteiger partial charge in [0, 0.05) is 37.8 Å². The summed E-state index contributed by atoms with van der Waals surface area (Å²) < 4.78 is 45.1. The highest BCUT2D eigenvalue weighted by Crippen LogP contribution is 2.46. The van der Waals surface area contributed by atoms with Crippen LogP contribution < -0.4 is 4.90 Å². The number of amides is 1. The Balaban J connectivity index is 1.85. The predicted octanol–water partition coefficient (Wildman–Crippen LogP) is 3.04. The van der Waals surface area contributed by atoms with Crippen LogP contribution in [0.1, 0.15) is 30.9 Å². The second-order valence-corrected chi connectivity index (χ2v) is 7.45. The van der Waals surface area contributed by atoms with E-state index in [1.165, 1.54) is 19.2 Å². The predicted molar refractivity (Wildman–Crippen MR) is 93.1 cm³/mol. The zero-order chi connectivity index (χ0) is 19.8. The lowest BCUT2D eigenvalue weighted by Gasteiger charge is -2.43. The standard InChI is InChI=1S/C19H22F3N3O2/c1-18(5-6-18)17(26)24-7-8-25(15(11-24)12-27-2)14-4-3-13(10-23)16(9-14)19(20,21)22/h3-4,9,15H,5-8,11-12H2,1-2H3. The molecule has 5 nitrogen and oxygen atoms in total. The molecule has 27 heavy (non-hydrogen) atoms. The summed E-state index contributed by atoms with van der Waals surface area (Å²) in [6, 6.07) is 5.09. The molecule has 0 aromatic heterocycles. The first-order chi connectivity index (χ1) is 12.7. The zero-order valence-electron chi connectivity index (χ0n) is 15.3. The lowest BCUT2D eigenvalue weighted by molar-refractivity contribution is -0.138. The van der Waals surface area contributed by atoms with Crippen molar-refractivity contribution in [2.75, 3.05) is 38.3 Å². The van der Waals surface area contributed by atoms with Gasteiger partial charge < -0.3 is 14.5 Å². The molecule has 1 aromatic rings. The minimum absolute atomic E-state index is 0.110. The Labute approximate surface area is 156 Å². The number of ether oxygens (including phenoxy) is 1. The quantitative estimate of drug-likeness (QED) is 0.805. The van der Waals surface area contributed by atoms with Gasteiger partial charge in [0.2, 0.25) is 5.91 Å². The number of piperazine rings is 1. The summed E-state index contributed by atoms with van der Waals surface area (Å²) >= 11 is 0.